The number of aromatic nitrogens is 2. The molecule has 1 rings (SSSR count). The van der Waals surface area contributed by atoms with Gasteiger partial charge < -0.3 is 5.32 Å². The molecule has 1 atom stereocenters. The van der Waals surface area contributed by atoms with Gasteiger partial charge in [0.2, 0.25) is 0 Å². The zero-order valence-electron chi connectivity index (χ0n) is 9.86. The van der Waals surface area contributed by atoms with Crippen LogP contribution in [0.25, 0.3) is 0 Å². The summed E-state index contributed by atoms with van der Waals surface area (Å²) in [5.41, 5.74) is 1.32. The molecule has 4 heteroatoms. The highest BCUT2D eigenvalue weighted by Gasteiger charge is 2.07. The van der Waals surface area contributed by atoms with E-state index in [0.29, 0.717) is 6.04 Å². The molecule has 3 nitrogen and oxygen atoms in total. The molecular weight excluding hydrogens is 206 g/mol. The molecule has 0 radical (unpaired) electrons. The van der Waals surface area contributed by atoms with Gasteiger partial charge in [-0.2, -0.15) is 16.9 Å². The van der Waals surface area contributed by atoms with Gasteiger partial charge in [-0.25, -0.2) is 0 Å². The van der Waals surface area contributed by atoms with E-state index < -0.39 is 0 Å². The zero-order valence-corrected chi connectivity index (χ0v) is 10.7. The van der Waals surface area contributed by atoms with Gasteiger partial charge in [0.05, 0.1) is 0 Å². The first-order valence-corrected chi connectivity index (χ1v) is 6.65. The van der Waals surface area contributed by atoms with Gasteiger partial charge in [-0.15, -0.1) is 0 Å². The van der Waals surface area contributed by atoms with E-state index >= 15 is 0 Å². The van der Waals surface area contributed by atoms with E-state index in [1.54, 1.807) is 0 Å². The predicted octanol–water partition coefficient (Wildman–Crippen LogP) is 1.69. The zero-order chi connectivity index (χ0) is 11.1. The second-order valence-electron chi connectivity index (χ2n) is 3.63. The second kappa shape index (κ2) is 6.90. The maximum Gasteiger partial charge on any atom is 0.0492 e. The van der Waals surface area contributed by atoms with Crippen LogP contribution in [0, 0.1) is 0 Å². The van der Waals surface area contributed by atoms with Crippen molar-refractivity contribution in [1.82, 2.24) is 15.1 Å². The van der Waals surface area contributed by atoms with E-state index in [4.69, 9.17) is 0 Å². The van der Waals surface area contributed by atoms with Gasteiger partial charge in [-0.05, 0) is 31.7 Å². The van der Waals surface area contributed by atoms with Crippen molar-refractivity contribution in [2.24, 2.45) is 7.05 Å². The Bertz CT molecular complexity index is 273. The summed E-state index contributed by atoms with van der Waals surface area (Å²) in [6.07, 6.45) is 4.15. The fraction of sp³-hybridized carbons (Fsp3) is 0.727. The lowest BCUT2D eigenvalue weighted by atomic mass is 10.1. The lowest BCUT2D eigenvalue weighted by molar-refractivity contribution is 0.556. The van der Waals surface area contributed by atoms with E-state index in [9.17, 15) is 0 Å². The Morgan fingerprint density at radius 3 is 2.93 bits per heavy atom. The topological polar surface area (TPSA) is 29.9 Å². The third kappa shape index (κ3) is 4.26. The smallest absolute Gasteiger partial charge is 0.0492 e. The van der Waals surface area contributed by atoms with Crippen LogP contribution in [0.1, 0.15) is 19.0 Å². The molecule has 1 aromatic heterocycles. The van der Waals surface area contributed by atoms with Crippen molar-refractivity contribution < 1.29 is 0 Å². The van der Waals surface area contributed by atoms with Crippen molar-refractivity contribution in [2.75, 3.05) is 18.6 Å². The van der Waals surface area contributed by atoms with Gasteiger partial charge in [0, 0.05) is 30.7 Å². The summed E-state index contributed by atoms with van der Waals surface area (Å²) in [4.78, 5) is 0. The van der Waals surface area contributed by atoms with Crippen LogP contribution in [0.2, 0.25) is 0 Å². The molecule has 0 aliphatic heterocycles. The van der Waals surface area contributed by atoms with E-state index in [-0.39, 0.29) is 0 Å². The third-order valence-corrected chi connectivity index (χ3v) is 3.65. The van der Waals surface area contributed by atoms with Crippen LogP contribution in [-0.2, 0) is 13.5 Å². The van der Waals surface area contributed by atoms with Crippen LogP contribution in [0.4, 0.5) is 0 Å². The number of rotatable bonds is 7. The Labute approximate surface area is 96.6 Å². The van der Waals surface area contributed by atoms with Gasteiger partial charge in [-0.3, -0.25) is 4.68 Å². The first-order chi connectivity index (χ1) is 7.27. The van der Waals surface area contributed by atoms with Crippen molar-refractivity contribution in [3.05, 3.63) is 18.0 Å². The van der Waals surface area contributed by atoms with Crippen molar-refractivity contribution in [3.8, 4) is 0 Å². The van der Waals surface area contributed by atoms with Crippen molar-refractivity contribution >= 4 is 11.8 Å². The van der Waals surface area contributed by atoms with Gasteiger partial charge in [0.15, 0.2) is 0 Å². The first-order valence-electron chi connectivity index (χ1n) is 5.49. The minimum atomic E-state index is 0.616. The summed E-state index contributed by atoms with van der Waals surface area (Å²) in [6, 6.07) is 2.71. The minimum Gasteiger partial charge on any atom is -0.316 e. The lowest BCUT2D eigenvalue weighted by Crippen LogP contribution is -2.28. The van der Waals surface area contributed by atoms with Crippen molar-refractivity contribution in [3.63, 3.8) is 0 Å². The summed E-state index contributed by atoms with van der Waals surface area (Å²) < 4.78 is 1.96. The average Bonchev–Trinajstić information content (AvgIpc) is 2.65. The standard InChI is InChI=1S/C11H21N3S/c1-4-15-9-10(12-2)5-6-11-7-8-13-14(11)3/h7-8,10,12H,4-6,9H2,1-3H3. The van der Waals surface area contributed by atoms with Crippen LogP contribution in [0.3, 0.4) is 0 Å². The maximum absolute atomic E-state index is 4.17. The number of thioether (sulfide) groups is 1. The molecule has 0 bridgehead atoms. The molecule has 0 spiro atoms. The lowest BCUT2D eigenvalue weighted by Gasteiger charge is -2.15. The molecule has 1 aromatic rings. The Kier molecular flexibility index (Phi) is 5.79. The summed E-state index contributed by atoms with van der Waals surface area (Å²) in [5.74, 6) is 2.40. The van der Waals surface area contributed by atoms with Gasteiger partial charge >= 0.3 is 0 Å². The van der Waals surface area contributed by atoms with Gasteiger partial charge in [0.1, 0.15) is 0 Å². The van der Waals surface area contributed by atoms with Gasteiger partial charge in [0.25, 0.3) is 0 Å². The quantitative estimate of drug-likeness (QED) is 0.769. The Morgan fingerprint density at radius 2 is 2.40 bits per heavy atom. The molecule has 0 saturated heterocycles. The van der Waals surface area contributed by atoms with Crippen LogP contribution in [0.5, 0.6) is 0 Å². The highest BCUT2D eigenvalue weighted by molar-refractivity contribution is 7.99. The monoisotopic (exact) mass is 227 g/mol. The number of nitrogens with zero attached hydrogens (tertiary/aromatic N) is 2. The van der Waals surface area contributed by atoms with Crippen LogP contribution in [-0.4, -0.2) is 34.4 Å². The Balaban J connectivity index is 2.31. The third-order valence-electron chi connectivity index (χ3n) is 2.60. The number of nitrogens with one attached hydrogen (secondary N) is 1. The highest BCUT2D eigenvalue weighted by atomic mass is 32.2. The molecule has 0 aromatic carbocycles. The fourth-order valence-corrected chi connectivity index (χ4v) is 2.39. The van der Waals surface area contributed by atoms with Crippen LogP contribution < -0.4 is 5.32 Å². The van der Waals surface area contributed by atoms with Gasteiger partial charge in [-0.1, -0.05) is 6.92 Å². The molecule has 1 unspecified atom stereocenters. The molecule has 0 aliphatic carbocycles. The van der Waals surface area contributed by atoms with Crippen LogP contribution >= 0.6 is 11.8 Å². The normalized spacial score (nSPS) is 13.0. The number of hydrogen-bond acceptors (Lipinski definition) is 3. The fourth-order valence-electron chi connectivity index (χ4n) is 1.54. The molecule has 1 heterocycles. The molecule has 0 aliphatic rings. The molecule has 86 valence electrons. The molecule has 15 heavy (non-hydrogen) atoms. The Morgan fingerprint density at radius 1 is 1.60 bits per heavy atom. The van der Waals surface area contributed by atoms with Crippen molar-refractivity contribution in [1.29, 1.82) is 0 Å². The van der Waals surface area contributed by atoms with E-state index in [2.05, 4.69) is 23.4 Å². The summed E-state index contributed by atoms with van der Waals surface area (Å²) >= 11 is 2.00. The van der Waals surface area contributed by atoms with E-state index in [0.717, 1.165) is 6.42 Å². The molecule has 0 amide bonds. The predicted molar refractivity (Wildman–Crippen MR) is 67.4 cm³/mol. The average molecular weight is 227 g/mol. The second-order valence-corrected chi connectivity index (χ2v) is 4.95. The first kappa shape index (κ1) is 12.6. The molecular formula is C11H21N3S. The largest absolute Gasteiger partial charge is 0.316 e. The molecule has 1 N–H and O–H groups in total. The van der Waals surface area contributed by atoms with Crippen LogP contribution in [0.15, 0.2) is 12.3 Å². The van der Waals surface area contributed by atoms with E-state index in [1.807, 2.05) is 36.7 Å². The highest BCUT2D eigenvalue weighted by Crippen LogP contribution is 2.08. The minimum absolute atomic E-state index is 0.616. The summed E-state index contributed by atoms with van der Waals surface area (Å²) in [7, 11) is 4.05. The molecule has 0 fully saturated rings. The number of hydrogen-bond donors (Lipinski definition) is 1. The molecule has 0 saturated carbocycles. The van der Waals surface area contributed by atoms with E-state index in [1.165, 1.54) is 23.6 Å². The summed E-state index contributed by atoms with van der Waals surface area (Å²) in [5, 5.41) is 7.54. The summed E-state index contributed by atoms with van der Waals surface area (Å²) in [6.45, 7) is 2.21. The maximum atomic E-state index is 4.17. The number of aryl methyl sites for hydroxylation is 2. The SMILES string of the molecule is CCSCC(CCc1ccnn1C)NC. The van der Waals surface area contributed by atoms with Crippen molar-refractivity contribution in [2.45, 2.75) is 25.8 Å². The Hall–Kier alpha value is -0.480.